The zero-order valence-electron chi connectivity index (χ0n) is 19.8. The summed E-state index contributed by atoms with van der Waals surface area (Å²) in [5, 5.41) is -1.15. The van der Waals surface area contributed by atoms with Crippen molar-refractivity contribution < 1.29 is 51.1 Å². The smallest absolute Gasteiger partial charge is 0.310 e. The van der Waals surface area contributed by atoms with Crippen LogP contribution in [-0.2, 0) is 48.2 Å². The number of esters is 4. The van der Waals surface area contributed by atoms with Gasteiger partial charge in [-0.1, -0.05) is 0 Å². The van der Waals surface area contributed by atoms with Gasteiger partial charge >= 0.3 is 23.9 Å². The van der Waals surface area contributed by atoms with E-state index in [2.05, 4.69) is 0 Å². The Balaban J connectivity index is 1.05. The first-order valence-corrected chi connectivity index (χ1v) is 14.9. The van der Waals surface area contributed by atoms with Gasteiger partial charge in [0.05, 0.1) is 28.9 Å². The molecule has 0 aromatic heterocycles. The number of carbonyl (C=O) groups is 4. The Labute approximate surface area is 212 Å². The molecule has 8 aliphatic rings. The van der Waals surface area contributed by atoms with Crippen LogP contribution in [0.4, 0.5) is 0 Å². The molecule has 11 nitrogen and oxygen atoms in total. The third-order valence-corrected chi connectivity index (χ3v) is 12.5. The van der Waals surface area contributed by atoms with Crippen LogP contribution in [0.15, 0.2) is 0 Å². The summed E-state index contributed by atoms with van der Waals surface area (Å²) in [6, 6.07) is 0. The lowest BCUT2D eigenvalue weighted by atomic mass is 9.78. The predicted octanol–water partition coefficient (Wildman–Crippen LogP) is 0.501. The summed E-state index contributed by atoms with van der Waals surface area (Å²) in [4.78, 5) is 51.4. The van der Waals surface area contributed by atoms with Crippen LogP contribution >= 0.6 is 0 Å². The Morgan fingerprint density at radius 1 is 0.703 bits per heavy atom. The van der Waals surface area contributed by atoms with Gasteiger partial charge in [-0.05, 0) is 50.4 Å². The summed E-state index contributed by atoms with van der Waals surface area (Å²) in [6.45, 7) is 0. The van der Waals surface area contributed by atoms with E-state index >= 15 is 0 Å². The Kier molecular flexibility index (Phi) is 4.46. The topological polar surface area (TPSA) is 160 Å². The van der Waals surface area contributed by atoms with Crippen molar-refractivity contribution >= 4 is 34.0 Å². The third kappa shape index (κ3) is 2.94. The number of rotatable bonds is 5. The average Bonchev–Trinajstić information content (AvgIpc) is 3.66. The molecule has 8 rings (SSSR count). The molecule has 15 unspecified atom stereocenters. The van der Waals surface area contributed by atoms with E-state index in [9.17, 15) is 32.1 Å². The van der Waals surface area contributed by atoms with Gasteiger partial charge in [0.1, 0.15) is 24.4 Å². The highest BCUT2D eigenvalue weighted by Crippen LogP contribution is 2.59. The summed E-state index contributed by atoms with van der Waals surface area (Å²) in [6.07, 6.45) is 0.940. The largest absolute Gasteiger partial charge is 0.458 e. The Morgan fingerprint density at radius 3 is 1.70 bits per heavy atom. The van der Waals surface area contributed by atoms with E-state index in [1.807, 2.05) is 0 Å². The van der Waals surface area contributed by atoms with Crippen LogP contribution in [0.5, 0.6) is 0 Å². The number of ether oxygens (including phenoxy) is 4. The molecule has 0 spiro atoms. The van der Waals surface area contributed by atoms with Crippen LogP contribution < -0.4 is 0 Å². The molecule has 15 atom stereocenters. The van der Waals surface area contributed by atoms with E-state index < -0.39 is 75.4 Å². The molecule has 2 saturated heterocycles. The van der Waals surface area contributed by atoms with E-state index in [-0.39, 0.29) is 53.9 Å². The predicted molar refractivity (Wildman–Crippen MR) is 117 cm³/mol. The van der Waals surface area contributed by atoms with Gasteiger partial charge in [0.15, 0.2) is 0 Å². The van der Waals surface area contributed by atoms with Crippen LogP contribution in [0.2, 0.25) is 0 Å². The number of hydrogen-bond donors (Lipinski definition) is 1. The van der Waals surface area contributed by atoms with Crippen LogP contribution in [0.1, 0.15) is 38.5 Å². The monoisotopic (exact) mass is 536 g/mol. The molecule has 200 valence electrons. The fourth-order valence-electron chi connectivity index (χ4n) is 9.86. The summed E-state index contributed by atoms with van der Waals surface area (Å²) in [5.74, 6) is -5.17. The number of carbonyl (C=O) groups excluding carboxylic acids is 4. The van der Waals surface area contributed by atoms with E-state index in [0.29, 0.717) is 19.3 Å². The average molecular weight is 537 g/mol. The minimum Gasteiger partial charge on any atom is -0.458 e. The zero-order chi connectivity index (χ0) is 25.5. The van der Waals surface area contributed by atoms with Gasteiger partial charge in [-0.2, -0.15) is 8.42 Å². The molecule has 8 fully saturated rings. The van der Waals surface area contributed by atoms with E-state index in [1.165, 1.54) is 0 Å². The van der Waals surface area contributed by atoms with E-state index in [1.54, 1.807) is 0 Å². The summed E-state index contributed by atoms with van der Waals surface area (Å²) in [7, 11) is -4.43. The zero-order valence-corrected chi connectivity index (χ0v) is 20.7. The second-order valence-corrected chi connectivity index (χ2v) is 14.2. The molecule has 2 heterocycles. The van der Waals surface area contributed by atoms with Gasteiger partial charge in [-0.15, -0.1) is 0 Å². The van der Waals surface area contributed by atoms with Crippen molar-refractivity contribution in [3.05, 3.63) is 0 Å². The molecule has 1 N–H and O–H groups in total. The highest BCUT2D eigenvalue weighted by molar-refractivity contribution is 7.86. The van der Waals surface area contributed by atoms with Crippen molar-refractivity contribution in [3.8, 4) is 0 Å². The van der Waals surface area contributed by atoms with Crippen molar-refractivity contribution in [2.75, 3.05) is 0 Å². The fourth-order valence-corrected chi connectivity index (χ4v) is 11.1. The molecule has 6 saturated carbocycles. The molecular weight excluding hydrogens is 508 g/mol. The Hall–Kier alpha value is -2.21. The van der Waals surface area contributed by atoms with Crippen LogP contribution in [0.3, 0.4) is 0 Å². The van der Waals surface area contributed by atoms with Crippen LogP contribution in [0, 0.1) is 59.2 Å². The maximum Gasteiger partial charge on any atom is 0.310 e. The quantitative estimate of drug-likeness (QED) is 0.296. The number of hydrogen-bond acceptors (Lipinski definition) is 10. The fraction of sp³-hybridized carbons (Fsp3) is 0.840. The molecule has 2 aliphatic heterocycles. The first-order valence-electron chi connectivity index (χ1n) is 13.4. The second kappa shape index (κ2) is 7.25. The number of fused-ring (bicyclic) bond motifs is 4. The lowest BCUT2D eigenvalue weighted by molar-refractivity contribution is -0.178. The maximum atomic E-state index is 13.6. The first-order chi connectivity index (χ1) is 17.6. The van der Waals surface area contributed by atoms with Crippen LogP contribution in [-0.4, -0.2) is 66.5 Å². The standard InChI is InChI=1S/C25H28O11S/c26-22-12-4-8-2-10(12)20(35-22)18(8)33-24(28)16-7-1-14(15(6-7)37(30,31)32)17(16)25(29)34-19-9-3-11-13(5-9)23(27)36-21(11)19/h7-21H,1-6H2,(H,30,31,32). The van der Waals surface area contributed by atoms with Gasteiger partial charge in [0.2, 0.25) is 0 Å². The first kappa shape index (κ1) is 22.7. The molecule has 12 heteroatoms. The molecular formula is C25H28O11S. The molecule has 0 amide bonds. The van der Waals surface area contributed by atoms with Gasteiger partial charge in [-0.3, -0.25) is 23.7 Å². The van der Waals surface area contributed by atoms with E-state index in [0.717, 1.165) is 12.8 Å². The SMILES string of the molecule is O=C1OC2C3CC(CC13)C2OC(=O)C1C2CC(C1C(=O)OC1C3CC4C(=O)OC1C4C3)C(S(=O)(=O)O)C2. The normalized spacial score (nSPS) is 53.6. The minimum absolute atomic E-state index is 0.00389. The van der Waals surface area contributed by atoms with Crippen molar-refractivity contribution in [1.82, 2.24) is 0 Å². The van der Waals surface area contributed by atoms with Crippen molar-refractivity contribution in [3.63, 3.8) is 0 Å². The summed E-state index contributed by atoms with van der Waals surface area (Å²) >= 11 is 0. The van der Waals surface area contributed by atoms with Crippen molar-refractivity contribution in [2.24, 2.45) is 59.2 Å². The van der Waals surface area contributed by atoms with Gasteiger partial charge < -0.3 is 18.9 Å². The minimum atomic E-state index is -4.43. The van der Waals surface area contributed by atoms with Crippen molar-refractivity contribution in [1.29, 1.82) is 0 Å². The molecule has 0 aromatic carbocycles. The summed E-state index contributed by atoms with van der Waals surface area (Å²) < 4.78 is 56.9. The Morgan fingerprint density at radius 2 is 1.19 bits per heavy atom. The molecule has 6 bridgehead atoms. The molecule has 0 radical (unpaired) electrons. The highest BCUT2D eigenvalue weighted by Gasteiger charge is 2.67. The second-order valence-electron chi connectivity index (χ2n) is 12.6. The van der Waals surface area contributed by atoms with Gasteiger partial charge in [0, 0.05) is 23.7 Å². The van der Waals surface area contributed by atoms with Gasteiger partial charge in [0.25, 0.3) is 10.1 Å². The summed E-state index contributed by atoms with van der Waals surface area (Å²) in [5.41, 5.74) is 0. The Bertz CT molecular complexity index is 1230. The van der Waals surface area contributed by atoms with Crippen LogP contribution in [0.25, 0.3) is 0 Å². The molecule has 0 aromatic rings. The van der Waals surface area contributed by atoms with E-state index in [4.69, 9.17) is 18.9 Å². The third-order valence-electron chi connectivity index (χ3n) is 11.2. The molecule has 6 aliphatic carbocycles. The molecule has 37 heavy (non-hydrogen) atoms. The highest BCUT2D eigenvalue weighted by atomic mass is 32.2. The lowest BCUT2D eigenvalue weighted by Gasteiger charge is -2.35. The lowest BCUT2D eigenvalue weighted by Crippen LogP contribution is -2.47. The maximum absolute atomic E-state index is 13.6. The van der Waals surface area contributed by atoms with Crippen molar-refractivity contribution in [2.45, 2.75) is 68.2 Å². The van der Waals surface area contributed by atoms with Gasteiger partial charge in [-0.25, -0.2) is 0 Å².